The van der Waals surface area contributed by atoms with Crippen LogP contribution < -0.4 is 0 Å². The Balaban J connectivity index is 0. The zero-order chi connectivity index (χ0) is 4.00. The van der Waals surface area contributed by atoms with Crippen LogP contribution in [0.1, 0.15) is 0 Å². The SMILES string of the molecule is [O]=[AlH].[O]=[AlH]. The average molecular weight is 88.0 g/mol. The van der Waals surface area contributed by atoms with Crippen LogP contribution in [0.3, 0.4) is 0 Å². The molecule has 20 valence electrons. The Morgan fingerprint density at radius 3 is 0.750 bits per heavy atom. The van der Waals surface area contributed by atoms with Gasteiger partial charge in [0.1, 0.15) is 0 Å². The van der Waals surface area contributed by atoms with E-state index in [1.54, 1.807) is 0 Å². The Labute approximate surface area is 40.5 Å². The van der Waals surface area contributed by atoms with E-state index in [4.69, 9.17) is 7.61 Å². The summed E-state index contributed by atoms with van der Waals surface area (Å²) in [5, 5.41) is 0. The van der Waals surface area contributed by atoms with Crippen molar-refractivity contribution >= 4 is 32.4 Å². The van der Waals surface area contributed by atoms with Gasteiger partial charge in [-0.15, -0.1) is 0 Å². The van der Waals surface area contributed by atoms with Gasteiger partial charge in [0.2, 0.25) is 0 Å². The molecule has 0 aliphatic heterocycles. The van der Waals surface area contributed by atoms with Crippen LogP contribution in [-0.4, -0.2) is 32.4 Å². The normalized spacial score (nSPS) is 1.50. The molecule has 0 saturated heterocycles. The molecule has 0 amide bonds. The van der Waals surface area contributed by atoms with Gasteiger partial charge in [-0.3, -0.25) is 0 Å². The van der Waals surface area contributed by atoms with Crippen molar-refractivity contribution in [3.05, 3.63) is 0 Å². The molecule has 0 atom stereocenters. The third-order valence-corrected chi connectivity index (χ3v) is 0. The minimum absolute atomic E-state index is 0.611. The minimum atomic E-state index is 0.611. The molecule has 0 aromatic rings. The Bertz CT molecular complexity index is 6.00. The zero-order valence-electron chi connectivity index (χ0n) is 2.23. The molecule has 0 saturated carbocycles. The molecule has 0 unspecified atom stereocenters. The molecule has 0 bridgehead atoms. The van der Waals surface area contributed by atoms with E-state index in [9.17, 15) is 0 Å². The standard InChI is InChI=1S/2Al.2O.2H. The van der Waals surface area contributed by atoms with E-state index in [0.717, 1.165) is 0 Å². The Morgan fingerprint density at radius 1 is 0.750 bits per heavy atom. The second kappa shape index (κ2) is 58.9. The van der Waals surface area contributed by atoms with Crippen molar-refractivity contribution in [3.63, 3.8) is 0 Å². The fraction of sp³-hybridized carbons (Fsp3) is 0. The van der Waals surface area contributed by atoms with Gasteiger partial charge >= 0.3 is 40.1 Å². The van der Waals surface area contributed by atoms with Crippen LogP contribution in [0, 0.1) is 0 Å². The topological polar surface area (TPSA) is 34.1 Å². The van der Waals surface area contributed by atoms with Crippen LogP contribution >= 0.6 is 0 Å². The van der Waals surface area contributed by atoms with Gasteiger partial charge < -0.3 is 0 Å². The summed E-state index contributed by atoms with van der Waals surface area (Å²) >= 11 is 1.22. The quantitative estimate of drug-likeness (QED) is 0.336. The Morgan fingerprint density at radius 2 is 0.750 bits per heavy atom. The molecule has 0 spiro atoms. The molecule has 0 heterocycles. The predicted octanol–water partition coefficient (Wildman–Crippen LogP) is -1.53. The van der Waals surface area contributed by atoms with E-state index < -0.39 is 0 Å². The fourth-order valence-corrected chi connectivity index (χ4v) is 0. The second-order valence-electron chi connectivity index (χ2n) is 0. The molecule has 0 aromatic heterocycles. The molecule has 0 N–H and O–H groups in total. The first-order chi connectivity index (χ1) is 2.00. The van der Waals surface area contributed by atoms with Crippen LogP contribution in [0.5, 0.6) is 0 Å². The number of hydrogen-bond acceptors (Lipinski definition) is 2. The van der Waals surface area contributed by atoms with Gasteiger partial charge in [0.25, 0.3) is 0 Å². The Kier molecular flexibility index (Phi) is 130. The summed E-state index contributed by atoms with van der Waals surface area (Å²) < 4.78 is 16.6. The van der Waals surface area contributed by atoms with Crippen molar-refractivity contribution in [2.45, 2.75) is 0 Å². The molecule has 4 heavy (non-hydrogen) atoms. The van der Waals surface area contributed by atoms with Crippen molar-refractivity contribution in [3.8, 4) is 0 Å². The molecular formula is H2Al2O2. The molecule has 0 rings (SSSR count). The van der Waals surface area contributed by atoms with Crippen molar-refractivity contribution < 1.29 is 7.61 Å². The van der Waals surface area contributed by atoms with E-state index in [1.807, 2.05) is 0 Å². The third-order valence-electron chi connectivity index (χ3n) is 0. The van der Waals surface area contributed by atoms with E-state index in [1.165, 1.54) is 0 Å². The van der Waals surface area contributed by atoms with E-state index >= 15 is 0 Å². The maximum absolute atomic E-state index is 8.28. The van der Waals surface area contributed by atoms with Gasteiger partial charge in [-0.1, -0.05) is 0 Å². The van der Waals surface area contributed by atoms with E-state index in [-0.39, 0.29) is 0 Å². The van der Waals surface area contributed by atoms with Gasteiger partial charge in [-0.2, -0.15) is 0 Å². The monoisotopic (exact) mass is 88.0 g/mol. The molecule has 0 radical (unpaired) electrons. The summed E-state index contributed by atoms with van der Waals surface area (Å²) in [6.07, 6.45) is 0. The third kappa shape index (κ3) is 16.7. The summed E-state index contributed by atoms with van der Waals surface area (Å²) in [7, 11) is 0. The second-order valence-corrected chi connectivity index (χ2v) is 0. The predicted molar refractivity (Wildman–Crippen MR) is 15.7 cm³/mol. The van der Waals surface area contributed by atoms with Crippen molar-refractivity contribution in [1.29, 1.82) is 0 Å². The van der Waals surface area contributed by atoms with Gasteiger partial charge in [0.15, 0.2) is 0 Å². The summed E-state index contributed by atoms with van der Waals surface area (Å²) in [4.78, 5) is 0. The van der Waals surface area contributed by atoms with Crippen molar-refractivity contribution in [2.75, 3.05) is 0 Å². The van der Waals surface area contributed by atoms with Gasteiger partial charge in [0.05, 0.1) is 0 Å². The Hall–Kier alpha value is 0.665. The number of hydrogen-bond donors (Lipinski definition) is 0. The summed E-state index contributed by atoms with van der Waals surface area (Å²) in [6, 6.07) is 0. The van der Waals surface area contributed by atoms with Crippen molar-refractivity contribution in [1.82, 2.24) is 0 Å². The van der Waals surface area contributed by atoms with Crippen molar-refractivity contribution in [2.24, 2.45) is 0 Å². The molecule has 4 heteroatoms. The van der Waals surface area contributed by atoms with E-state index in [2.05, 4.69) is 0 Å². The van der Waals surface area contributed by atoms with E-state index in [0.29, 0.717) is 32.4 Å². The zero-order valence-corrected chi connectivity index (χ0v) is 5.06. The van der Waals surface area contributed by atoms with Crippen LogP contribution in [0.2, 0.25) is 0 Å². The van der Waals surface area contributed by atoms with Gasteiger partial charge in [0, 0.05) is 0 Å². The fourth-order valence-electron chi connectivity index (χ4n) is 0. The molecular weight excluding hydrogens is 86.0 g/mol. The van der Waals surface area contributed by atoms with Crippen LogP contribution in [0.25, 0.3) is 0 Å². The van der Waals surface area contributed by atoms with Crippen LogP contribution in [0.15, 0.2) is 0 Å². The molecule has 0 aliphatic rings. The average Bonchev–Trinajstić information content (AvgIpc) is 1.50. The first-order valence-electron chi connectivity index (χ1n) is 0.577. The molecule has 2 nitrogen and oxygen atoms in total. The molecule has 0 fully saturated rings. The van der Waals surface area contributed by atoms with Gasteiger partial charge in [-0.05, 0) is 0 Å². The first-order valence-corrected chi connectivity index (χ1v) is 1.73. The van der Waals surface area contributed by atoms with Gasteiger partial charge in [-0.25, -0.2) is 0 Å². The summed E-state index contributed by atoms with van der Waals surface area (Å²) in [5.41, 5.74) is 0. The number of rotatable bonds is 0. The summed E-state index contributed by atoms with van der Waals surface area (Å²) in [5.74, 6) is 0. The van der Waals surface area contributed by atoms with Crippen LogP contribution in [0.4, 0.5) is 0 Å². The molecule has 0 aromatic carbocycles. The maximum atomic E-state index is 8.28. The van der Waals surface area contributed by atoms with Crippen LogP contribution in [-0.2, 0) is 7.61 Å². The molecule has 0 aliphatic carbocycles. The summed E-state index contributed by atoms with van der Waals surface area (Å²) in [6.45, 7) is 0. The first kappa shape index (κ1) is 8.82.